The Morgan fingerprint density at radius 2 is 1.94 bits per heavy atom. The molecule has 0 aromatic carbocycles. The highest BCUT2D eigenvalue weighted by molar-refractivity contribution is 7.12. The van der Waals surface area contributed by atoms with Gasteiger partial charge in [0.05, 0.1) is 0 Å². The van der Waals surface area contributed by atoms with Crippen LogP contribution in [0.2, 0.25) is 0 Å². The van der Waals surface area contributed by atoms with E-state index in [0.717, 1.165) is 5.92 Å². The summed E-state index contributed by atoms with van der Waals surface area (Å²) in [6, 6.07) is 2.38. The van der Waals surface area contributed by atoms with E-state index in [1.165, 1.54) is 48.3 Å². The molecule has 1 rings (SSSR count). The minimum Gasteiger partial charge on any atom is -0.146 e. The van der Waals surface area contributed by atoms with Gasteiger partial charge in [-0.3, -0.25) is 0 Å². The highest BCUT2D eigenvalue weighted by Gasteiger charge is 2.08. The number of hydrogen-bond acceptors (Lipinski definition) is 1. The molecule has 1 aromatic heterocycles. The molecule has 0 bridgehead atoms. The van der Waals surface area contributed by atoms with E-state index in [1.807, 2.05) is 11.3 Å². The van der Waals surface area contributed by atoms with Crippen molar-refractivity contribution in [3.8, 4) is 0 Å². The van der Waals surface area contributed by atoms with E-state index in [4.69, 9.17) is 0 Å². The Morgan fingerprint density at radius 3 is 2.50 bits per heavy atom. The average molecular weight is 238 g/mol. The Morgan fingerprint density at radius 1 is 1.19 bits per heavy atom. The molecule has 1 unspecified atom stereocenters. The van der Waals surface area contributed by atoms with Crippen LogP contribution in [0.4, 0.5) is 0 Å². The van der Waals surface area contributed by atoms with E-state index >= 15 is 0 Å². The van der Waals surface area contributed by atoms with Gasteiger partial charge >= 0.3 is 0 Å². The Kier molecular flexibility index (Phi) is 6.12. The second-order valence-electron chi connectivity index (χ2n) is 5.10. The summed E-state index contributed by atoms with van der Waals surface area (Å²) < 4.78 is 0. The van der Waals surface area contributed by atoms with Crippen LogP contribution in [0.3, 0.4) is 0 Å². The molecule has 0 saturated heterocycles. The molecular weight excluding hydrogens is 212 g/mol. The average Bonchev–Trinajstić information content (AvgIpc) is 2.52. The third-order valence-corrected chi connectivity index (χ3v) is 4.27. The lowest BCUT2D eigenvalue weighted by Crippen LogP contribution is -1.99. The van der Waals surface area contributed by atoms with Crippen LogP contribution in [0, 0.1) is 19.8 Å². The van der Waals surface area contributed by atoms with E-state index in [0.29, 0.717) is 0 Å². The summed E-state index contributed by atoms with van der Waals surface area (Å²) in [6.07, 6.45) is 8.26. The molecule has 0 aliphatic rings. The van der Waals surface area contributed by atoms with Crippen molar-refractivity contribution in [3.63, 3.8) is 0 Å². The predicted octanol–water partition coefficient (Wildman–Crippen LogP) is 5.51. The molecule has 1 heteroatoms. The quantitative estimate of drug-likeness (QED) is 0.549. The van der Waals surface area contributed by atoms with Crippen LogP contribution in [-0.4, -0.2) is 0 Å². The van der Waals surface area contributed by atoms with Crippen LogP contribution in [0.5, 0.6) is 0 Å². The number of thiophene rings is 1. The normalized spacial score (nSPS) is 13.0. The zero-order valence-corrected chi connectivity index (χ0v) is 12.1. The van der Waals surface area contributed by atoms with Crippen LogP contribution < -0.4 is 0 Å². The molecule has 1 atom stereocenters. The number of rotatable bonds is 7. The van der Waals surface area contributed by atoms with E-state index in [2.05, 4.69) is 33.8 Å². The fourth-order valence-corrected chi connectivity index (χ4v) is 3.24. The standard InChI is InChI=1S/C15H26S/c1-5-6-7-8-9-12(2)10-15-11-13(3)16-14(15)4/h11-12H,5-10H2,1-4H3. The summed E-state index contributed by atoms with van der Waals surface area (Å²) in [5.74, 6) is 0.851. The van der Waals surface area contributed by atoms with Gasteiger partial charge in [0.1, 0.15) is 0 Å². The zero-order chi connectivity index (χ0) is 12.0. The Balaban J connectivity index is 2.28. The van der Waals surface area contributed by atoms with E-state index in [-0.39, 0.29) is 0 Å². The molecule has 0 saturated carbocycles. The molecule has 0 nitrogen and oxygen atoms in total. The van der Waals surface area contributed by atoms with Gasteiger partial charge < -0.3 is 0 Å². The summed E-state index contributed by atoms with van der Waals surface area (Å²) in [4.78, 5) is 2.99. The maximum atomic E-state index is 2.40. The van der Waals surface area contributed by atoms with Crippen LogP contribution in [0.25, 0.3) is 0 Å². The van der Waals surface area contributed by atoms with Crippen LogP contribution in [-0.2, 0) is 6.42 Å². The van der Waals surface area contributed by atoms with Crippen molar-refractivity contribution >= 4 is 11.3 Å². The van der Waals surface area contributed by atoms with Gasteiger partial charge in [-0.15, -0.1) is 11.3 Å². The molecule has 92 valence electrons. The first-order valence-electron chi connectivity index (χ1n) is 6.69. The van der Waals surface area contributed by atoms with Gasteiger partial charge in [-0.1, -0.05) is 46.0 Å². The van der Waals surface area contributed by atoms with Crippen molar-refractivity contribution in [2.24, 2.45) is 5.92 Å². The first-order valence-corrected chi connectivity index (χ1v) is 7.51. The second kappa shape index (κ2) is 7.11. The zero-order valence-electron chi connectivity index (χ0n) is 11.3. The molecule has 0 amide bonds. The molecule has 1 heterocycles. The minimum absolute atomic E-state index is 0.851. The molecule has 0 N–H and O–H groups in total. The first kappa shape index (κ1) is 13.8. The number of hydrogen-bond donors (Lipinski definition) is 0. The largest absolute Gasteiger partial charge is 0.146 e. The van der Waals surface area contributed by atoms with E-state index < -0.39 is 0 Å². The van der Waals surface area contributed by atoms with Gasteiger partial charge in [-0.25, -0.2) is 0 Å². The van der Waals surface area contributed by atoms with Crippen molar-refractivity contribution in [2.45, 2.75) is 66.2 Å². The molecule has 0 spiro atoms. The van der Waals surface area contributed by atoms with Gasteiger partial charge in [0.15, 0.2) is 0 Å². The third kappa shape index (κ3) is 4.69. The topological polar surface area (TPSA) is 0 Å². The third-order valence-electron chi connectivity index (χ3n) is 3.26. The Hall–Kier alpha value is -0.300. The molecule has 0 aliphatic carbocycles. The molecule has 0 aliphatic heterocycles. The summed E-state index contributed by atoms with van der Waals surface area (Å²) in [5.41, 5.74) is 1.59. The minimum atomic E-state index is 0.851. The lowest BCUT2D eigenvalue weighted by Gasteiger charge is -2.10. The highest BCUT2D eigenvalue weighted by Crippen LogP contribution is 2.24. The van der Waals surface area contributed by atoms with Gasteiger partial charge in [0, 0.05) is 9.75 Å². The fourth-order valence-electron chi connectivity index (χ4n) is 2.28. The molecule has 0 radical (unpaired) electrons. The van der Waals surface area contributed by atoms with Crippen molar-refractivity contribution in [2.75, 3.05) is 0 Å². The highest BCUT2D eigenvalue weighted by atomic mass is 32.1. The van der Waals surface area contributed by atoms with Crippen LogP contribution >= 0.6 is 11.3 Å². The van der Waals surface area contributed by atoms with Gasteiger partial charge in [0.2, 0.25) is 0 Å². The van der Waals surface area contributed by atoms with Crippen LogP contribution in [0.15, 0.2) is 6.07 Å². The molecule has 16 heavy (non-hydrogen) atoms. The maximum Gasteiger partial charge on any atom is 0.00491 e. The predicted molar refractivity (Wildman–Crippen MR) is 75.4 cm³/mol. The SMILES string of the molecule is CCCCCCC(C)Cc1cc(C)sc1C. The first-order chi connectivity index (χ1) is 7.63. The smallest absolute Gasteiger partial charge is 0.00491 e. The molecule has 0 fully saturated rings. The van der Waals surface area contributed by atoms with Gasteiger partial charge in [-0.2, -0.15) is 0 Å². The summed E-state index contributed by atoms with van der Waals surface area (Å²) in [7, 11) is 0. The van der Waals surface area contributed by atoms with Crippen LogP contribution in [0.1, 0.15) is 61.3 Å². The van der Waals surface area contributed by atoms with E-state index in [9.17, 15) is 0 Å². The van der Waals surface area contributed by atoms with Gasteiger partial charge in [0.25, 0.3) is 0 Å². The monoisotopic (exact) mass is 238 g/mol. The fraction of sp³-hybridized carbons (Fsp3) is 0.733. The molecule has 1 aromatic rings. The summed E-state index contributed by atoms with van der Waals surface area (Å²) in [6.45, 7) is 9.16. The van der Waals surface area contributed by atoms with Crippen molar-refractivity contribution < 1.29 is 0 Å². The Labute approximate surface area is 105 Å². The van der Waals surface area contributed by atoms with Crippen molar-refractivity contribution in [3.05, 3.63) is 21.4 Å². The van der Waals surface area contributed by atoms with Gasteiger partial charge in [-0.05, 0) is 37.8 Å². The second-order valence-corrected chi connectivity index (χ2v) is 6.56. The lowest BCUT2D eigenvalue weighted by atomic mass is 9.95. The summed E-state index contributed by atoms with van der Waals surface area (Å²) in [5, 5.41) is 0. The summed E-state index contributed by atoms with van der Waals surface area (Å²) >= 11 is 1.94. The number of unbranched alkanes of at least 4 members (excludes halogenated alkanes) is 3. The van der Waals surface area contributed by atoms with Crippen molar-refractivity contribution in [1.29, 1.82) is 0 Å². The maximum absolute atomic E-state index is 2.40. The number of aryl methyl sites for hydroxylation is 2. The van der Waals surface area contributed by atoms with E-state index in [1.54, 1.807) is 5.56 Å². The lowest BCUT2D eigenvalue weighted by molar-refractivity contribution is 0.487. The molecular formula is C15H26S. The Bertz CT molecular complexity index is 298. The van der Waals surface area contributed by atoms with Crippen molar-refractivity contribution in [1.82, 2.24) is 0 Å².